The fraction of sp³-hybridized carbons (Fsp3) is 0.481. The molecule has 3 fully saturated rings. The second-order valence-corrected chi connectivity index (χ2v) is 10.2. The first-order valence-corrected chi connectivity index (χ1v) is 12.4. The number of fused-ring (bicyclic) bond motifs is 1. The molecule has 1 N–H and O–H groups in total. The van der Waals surface area contributed by atoms with E-state index in [1.807, 2.05) is 12.1 Å². The topological polar surface area (TPSA) is 55.9 Å². The van der Waals surface area contributed by atoms with Gasteiger partial charge in [0.1, 0.15) is 5.54 Å². The average molecular weight is 445 g/mol. The third kappa shape index (κ3) is 3.70. The van der Waals surface area contributed by atoms with Crippen molar-refractivity contribution in [3.05, 3.63) is 65.2 Å². The molecule has 2 aromatic rings. The smallest absolute Gasteiger partial charge is 0.325 e. The van der Waals surface area contributed by atoms with Crippen LogP contribution in [0.4, 0.5) is 10.5 Å². The standard InChI is InChI=1S/C27H32N4O2/c32-25-27(28-26(33)31(25)24-17-21-5-1-2-6-22(21)18-24)11-15-29(16-12-27)19-20-7-9-23(10-8-20)30-13-3-4-14-30/h1-2,5-10,24H,3-4,11-19H2,(H,28,33). The van der Waals surface area contributed by atoms with Gasteiger partial charge < -0.3 is 10.2 Å². The van der Waals surface area contributed by atoms with Crippen LogP contribution in [0.5, 0.6) is 0 Å². The van der Waals surface area contributed by atoms with Gasteiger partial charge in [0.15, 0.2) is 0 Å². The maximum atomic E-state index is 13.5. The van der Waals surface area contributed by atoms with Crippen LogP contribution in [0.1, 0.15) is 42.4 Å². The van der Waals surface area contributed by atoms with Gasteiger partial charge in [-0.3, -0.25) is 14.6 Å². The van der Waals surface area contributed by atoms with Gasteiger partial charge in [0, 0.05) is 44.5 Å². The number of nitrogens with zero attached hydrogens (tertiary/aromatic N) is 3. The SMILES string of the molecule is O=C1NC2(CCN(Cc3ccc(N4CCCC4)cc3)CC2)C(=O)N1C1Cc2ccccc2C1. The Balaban J connectivity index is 1.07. The van der Waals surface area contributed by atoms with Crippen LogP contribution in [0.25, 0.3) is 0 Å². The van der Waals surface area contributed by atoms with Crippen molar-refractivity contribution in [3.63, 3.8) is 0 Å². The Morgan fingerprint density at radius 3 is 2.12 bits per heavy atom. The van der Waals surface area contributed by atoms with Gasteiger partial charge in [0.05, 0.1) is 0 Å². The lowest BCUT2D eigenvalue weighted by Crippen LogP contribution is -2.55. The minimum absolute atomic E-state index is 0.0140. The Kier molecular flexibility index (Phi) is 5.13. The summed E-state index contributed by atoms with van der Waals surface area (Å²) in [6, 6.07) is 17.0. The lowest BCUT2D eigenvalue weighted by Gasteiger charge is -2.37. The van der Waals surface area contributed by atoms with E-state index in [-0.39, 0.29) is 18.0 Å². The summed E-state index contributed by atoms with van der Waals surface area (Å²) >= 11 is 0. The second-order valence-electron chi connectivity index (χ2n) is 10.2. The largest absolute Gasteiger partial charge is 0.372 e. The summed E-state index contributed by atoms with van der Waals surface area (Å²) < 4.78 is 0. The van der Waals surface area contributed by atoms with Crippen LogP contribution in [-0.4, -0.2) is 59.5 Å². The molecular weight excluding hydrogens is 412 g/mol. The molecule has 3 amide bonds. The van der Waals surface area contributed by atoms with Crippen LogP contribution in [0, 0.1) is 0 Å². The summed E-state index contributed by atoms with van der Waals surface area (Å²) in [4.78, 5) is 32.8. The third-order valence-electron chi connectivity index (χ3n) is 8.11. The molecule has 172 valence electrons. The van der Waals surface area contributed by atoms with Gasteiger partial charge in [-0.1, -0.05) is 36.4 Å². The Hall–Kier alpha value is -2.86. The lowest BCUT2D eigenvalue weighted by molar-refractivity contribution is -0.134. The minimum Gasteiger partial charge on any atom is -0.372 e. The summed E-state index contributed by atoms with van der Waals surface area (Å²) in [5.74, 6) is -0.0140. The van der Waals surface area contributed by atoms with Gasteiger partial charge >= 0.3 is 6.03 Å². The zero-order valence-corrected chi connectivity index (χ0v) is 19.1. The van der Waals surface area contributed by atoms with Crippen molar-refractivity contribution in [2.75, 3.05) is 31.1 Å². The number of anilines is 1. The molecule has 1 aliphatic carbocycles. The molecule has 6 nitrogen and oxygen atoms in total. The van der Waals surface area contributed by atoms with Gasteiger partial charge in [-0.2, -0.15) is 0 Å². The number of piperidine rings is 1. The highest BCUT2D eigenvalue weighted by Crippen LogP contribution is 2.35. The number of carbonyl (C=O) groups excluding carboxylic acids is 2. The molecule has 3 aliphatic heterocycles. The van der Waals surface area contributed by atoms with Crippen molar-refractivity contribution in [2.45, 2.75) is 56.7 Å². The fourth-order valence-electron chi connectivity index (χ4n) is 6.17. The summed E-state index contributed by atoms with van der Waals surface area (Å²) in [6.07, 6.45) is 5.48. The van der Waals surface area contributed by atoms with E-state index in [0.717, 1.165) is 45.6 Å². The van der Waals surface area contributed by atoms with E-state index in [2.05, 4.69) is 51.5 Å². The van der Waals surface area contributed by atoms with Gasteiger partial charge in [-0.25, -0.2) is 4.79 Å². The molecule has 6 heteroatoms. The molecule has 6 rings (SSSR count). The Bertz CT molecular complexity index is 1030. The Labute approximate surface area is 195 Å². The number of rotatable bonds is 4. The van der Waals surface area contributed by atoms with E-state index in [1.54, 1.807) is 0 Å². The van der Waals surface area contributed by atoms with Gasteiger partial charge in [-0.05, 0) is 67.3 Å². The maximum absolute atomic E-state index is 13.5. The minimum atomic E-state index is -0.720. The molecule has 0 radical (unpaired) electrons. The van der Waals surface area contributed by atoms with E-state index >= 15 is 0 Å². The van der Waals surface area contributed by atoms with Crippen molar-refractivity contribution < 1.29 is 9.59 Å². The fourth-order valence-corrected chi connectivity index (χ4v) is 6.17. The number of carbonyl (C=O) groups is 2. The third-order valence-corrected chi connectivity index (χ3v) is 8.11. The summed E-state index contributed by atoms with van der Waals surface area (Å²) in [7, 11) is 0. The second kappa shape index (κ2) is 8.17. The number of hydrogen-bond acceptors (Lipinski definition) is 4. The number of hydrogen-bond donors (Lipinski definition) is 1. The summed E-state index contributed by atoms with van der Waals surface area (Å²) in [5.41, 5.74) is 4.43. The molecule has 4 aliphatic rings. The predicted octanol–water partition coefficient (Wildman–Crippen LogP) is 3.34. The van der Waals surface area contributed by atoms with Crippen molar-refractivity contribution in [3.8, 4) is 0 Å². The van der Waals surface area contributed by atoms with Crippen LogP contribution in [-0.2, 0) is 24.2 Å². The summed E-state index contributed by atoms with van der Waals surface area (Å²) in [6.45, 7) is 4.85. The number of amides is 3. The monoisotopic (exact) mass is 444 g/mol. The molecule has 2 aromatic carbocycles. The Morgan fingerprint density at radius 2 is 1.48 bits per heavy atom. The highest BCUT2D eigenvalue weighted by atomic mass is 16.2. The zero-order valence-electron chi connectivity index (χ0n) is 19.1. The first-order valence-electron chi connectivity index (χ1n) is 12.4. The first-order chi connectivity index (χ1) is 16.1. The lowest BCUT2D eigenvalue weighted by atomic mass is 9.87. The van der Waals surface area contributed by atoms with Crippen LogP contribution in [0.3, 0.4) is 0 Å². The quantitative estimate of drug-likeness (QED) is 0.735. The van der Waals surface area contributed by atoms with E-state index in [4.69, 9.17) is 0 Å². The molecule has 0 aromatic heterocycles. The number of likely N-dealkylation sites (tertiary alicyclic amines) is 1. The van der Waals surface area contributed by atoms with Crippen molar-refractivity contribution in [1.82, 2.24) is 15.1 Å². The van der Waals surface area contributed by atoms with Crippen molar-refractivity contribution in [1.29, 1.82) is 0 Å². The average Bonchev–Trinajstić information content (AvgIpc) is 3.55. The van der Waals surface area contributed by atoms with Crippen LogP contribution in [0.15, 0.2) is 48.5 Å². The molecule has 0 atom stereocenters. The molecule has 33 heavy (non-hydrogen) atoms. The normalized spacial score (nSPS) is 22.9. The van der Waals surface area contributed by atoms with Crippen LogP contribution in [0.2, 0.25) is 0 Å². The Morgan fingerprint density at radius 1 is 0.848 bits per heavy atom. The first kappa shape index (κ1) is 20.7. The van der Waals surface area contributed by atoms with Gasteiger partial charge in [0.2, 0.25) is 0 Å². The number of imide groups is 1. The van der Waals surface area contributed by atoms with E-state index < -0.39 is 5.54 Å². The molecule has 0 saturated carbocycles. The number of urea groups is 1. The molecule has 1 spiro atoms. The van der Waals surface area contributed by atoms with Crippen molar-refractivity contribution in [2.24, 2.45) is 0 Å². The van der Waals surface area contributed by atoms with Crippen molar-refractivity contribution >= 4 is 17.6 Å². The maximum Gasteiger partial charge on any atom is 0.325 e. The number of nitrogens with one attached hydrogen (secondary N) is 1. The summed E-state index contributed by atoms with van der Waals surface area (Å²) in [5, 5.41) is 3.10. The molecule has 0 unspecified atom stereocenters. The van der Waals surface area contributed by atoms with Gasteiger partial charge in [-0.15, -0.1) is 0 Å². The van der Waals surface area contributed by atoms with Crippen LogP contribution < -0.4 is 10.2 Å². The molecular formula is C27H32N4O2. The highest BCUT2D eigenvalue weighted by molar-refractivity contribution is 6.07. The van der Waals surface area contributed by atoms with E-state index in [0.29, 0.717) is 12.8 Å². The van der Waals surface area contributed by atoms with E-state index in [9.17, 15) is 9.59 Å². The highest BCUT2D eigenvalue weighted by Gasteiger charge is 2.54. The van der Waals surface area contributed by atoms with E-state index in [1.165, 1.54) is 40.1 Å². The van der Waals surface area contributed by atoms with Crippen LogP contribution >= 0.6 is 0 Å². The van der Waals surface area contributed by atoms with Gasteiger partial charge in [0.25, 0.3) is 5.91 Å². The predicted molar refractivity (Wildman–Crippen MR) is 128 cm³/mol. The molecule has 3 saturated heterocycles. The molecule has 0 bridgehead atoms. The number of benzene rings is 2. The molecule has 3 heterocycles. The zero-order chi connectivity index (χ0) is 22.4.